The van der Waals surface area contributed by atoms with Gasteiger partial charge in [0.1, 0.15) is 5.75 Å². The molecule has 0 saturated heterocycles. The van der Waals surface area contributed by atoms with E-state index in [4.69, 9.17) is 20.4 Å². The van der Waals surface area contributed by atoms with Crippen molar-refractivity contribution in [2.45, 2.75) is 62.7 Å². The first-order valence-corrected chi connectivity index (χ1v) is 15.7. The van der Waals surface area contributed by atoms with Crippen LogP contribution in [-0.4, -0.2) is 84.9 Å². The number of nitrogens with two attached hydrogens (primary N) is 1. The number of nitrogens with one attached hydrogen (secondary N) is 2. The van der Waals surface area contributed by atoms with Crippen molar-refractivity contribution in [1.82, 2.24) is 14.6 Å². The average Bonchev–Trinajstić information content (AvgIpc) is 3.40. The number of ether oxygens (including phenoxy) is 1. The molecule has 6 N–H and O–H groups in total. The van der Waals surface area contributed by atoms with Crippen LogP contribution in [0.5, 0.6) is 5.75 Å². The van der Waals surface area contributed by atoms with Crippen LogP contribution >= 0.6 is 0 Å². The fraction of sp³-hybridized carbons (Fsp3) is 0.467. The number of carbonyl (C=O) groups is 2. The first kappa shape index (κ1) is 37.5. The summed E-state index contributed by atoms with van der Waals surface area (Å²) >= 11 is 0. The van der Waals surface area contributed by atoms with Crippen LogP contribution in [-0.2, 0) is 26.0 Å². The summed E-state index contributed by atoms with van der Waals surface area (Å²) in [5.41, 5.74) is 8.16. The third kappa shape index (κ3) is 11.3. The summed E-state index contributed by atoms with van der Waals surface area (Å²) in [5.74, 6) is -2.33. The number of para-hydroxylation sites is 1. The number of halogens is 3. The van der Waals surface area contributed by atoms with Gasteiger partial charge < -0.3 is 31.0 Å². The van der Waals surface area contributed by atoms with Gasteiger partial charge in [0, 0.05) is 36.2 Å². The van der Waals surface area contributed by atoms with E-state index in [-0.39, 0.29) is 23.3 Å². The highest BCUT2D eigenvalue weighted by molar-refractivity contribution is 7.89. The van der Waals surface area contributed by atoms with E-state index in [1.165, 1.54) is 23.5 Å². The molecule has 45 heavy (non-hydrogen) atoms. The lowest BCUT2D eigenvalue weighted by atomic mass is 10.0. The van der Waals surface area contributed by atoms with Crippen LogP contribution in [0, 0.1) is 5.92 Å². The molecule has 0 saturated carbocycles. The normalized spacial score (nSPS) is 13.3. The second-order valence-corrected chi connectivity index (χ2v) is 12.6. The minimum absolute atomic E-state index is 0.0787. The van der Waals surface area contributed by atoms with Crippen LogP contribution < -0.4 is 15.8 Å². The summed E-state index contributed by atoms with van der Waals surface area (Å²) in [6, 6.07) is 12.9. The third-order valence-corrected chi connectivity index (χ3v) is 8.72. The number of aliphatic hydroxyl groups excluding tert-OH is 1. The largest absolute Gasteiger partial charge is 0.497 e. The van der Waals surface area contributed by atoms with Crippen molar-refractivity contribution >= 4 is 32.8 Å². The number of unbranched alkanes of at least 4 members (excludes halogenated alkanes) is 1. The Kier molecular flexibility index (Phi) is 14.3. The number of aliphatic hydroxyl groups is 1. The first-order chi connectivity index (χ1) is 21.1. The van der Waals surface area contributed by atoms with Gasteiger partial charge >= 0.3 is 12.1 Å². The van der Waals surface area contributed by atoms with Crippen molar-refractivity contribution in [3.63, 3.8) is 0 Å². The van der Waals surface area contributed by atoms with E-state index in [1.54, 1.807) is 12.1 Å². The predicted molar refractivity (Wildman–Crippen MR) is 163 cm³/mol. The molecule has 15 heteroatoms. The summed E-state index contributed by atoms with van der Waals surface area (Å²) in [5, 5.41) is 21.2. The van der Waals surface area contributed by atoms with Crippen LogP contribution in [0.2, 0.25) is 0 Å². The number of alkyl halides is 3. The van der Waals surface area contributed by atoms with Crippen molar-refractivity contribution in [2.75, 3.05) is 26.8 Å². The number of benzene rings is 2. The second kappa shape index (κ2) is 17.1. The molecule has 250 valence electrons. The van der Waals surface area contributed by atoms with Gasteiger partial charge in [-0.15, -0.1) is 0 Å². The van der Waals surface area contributed by atoms with Gasteiger partial charge in [0.2, 0.25) is 15.9 Å². The zero-order valence-corrected chi connectivity index (χ0v) is 26.2. The lowest BCUT2D eigenvalue weighted by Gasteiger charge is -2.31. The third-order valence-electron chi connectivity index (χ3n) is 6.79. The number of aromatic nitrogens is 1. The van der Waals surface area contributed by atoms with E-state index in [2.05, 4.69) is 10.3 Å². The van der Waals surface area contributed by atoms with E-state index >= 15 is 0 Å². The maximum atomic E-state index is 13.4. The minimum atomic E-state index is -5.08. The number of nitrogens with zero attached hydrogens (tertiary/aromatic N) is 1. The number of carboxylic acid groups (broad SMARTS) is 1. The topological polar surface area (TPSA) is 175 Å². The molecule has 3 rings (SSSR count). The van der Waals surface area contributed by atoms with Crippen LogP contribution in [0.25, 0.3) is 10.9 Å². The molecule has 0 aliphatic rings. The Morgan fingerprint density at radius 1 is 1.09 bits per heavy atom. The van der Waals surface area contributed by atoms with Crippen molar-refractivity contribution in [3.8, 4) is 5.75 Å². The van der Waals surface area contributed by atoms with Gasteiger partial charge in [-0.05, 0) is 61.1 Å². The number of aliphatic carboxylic acids is 1. The van der Waals surface area contributed by atoms with Gasteiger partial charge in [-0.2, -0.15) is 17.5 Å². The fourth-order valence-electron chi connectivity index (χ4n) is 4.49. The quantitative estimate of drug-likeness (QED) is 0.154. The Labute approximate surface area is 260 Å². The highest BCUT2D eigenvalue weighted by atomic mass is 32.2. The first-order valence-electron chi connectivity index (χ1n) is 14.3. The SMILES string of the molecule is COc1ccc(S(=O)(=O)N(CC(C)C)[C@H](CO)CCCCNC(=O)[C@@H](N)Cc2c[nH]c3ccccc23)cc1.O=C(O)C(F)(F)F. The molecular formula is C30H41F3N4O7S. The number of sulfonamides is 1. The molecule has 1 heterocycles. The second-order valence-electron chi connectivity index (χ2n) is 10.7. The Bertz CT molecular complexity index is 1480. The van der Waals surface area contributed by atoms with Crippen LogP contribution in [0.3, 0.4) is 0 Å². The number of amides is 1. The van der Waals surface area contributed by atoms with Crippen molar-refractivity contribution in [3.05, 3.63) is 60.3 Å². The predicted octanol–water partition coefficient (Wildman–Crippen LogP) is 3.67. The van der Waals surface area contributed by atoms with E-state index in [0.29, 0.717) is 44.5 Å². The summed E-state index contributed by atoms with van der Waals surface area (Å²) in [7, 11) is -2.29. The van der Waals surface area contributed by atoms with Crippen LogP contribution in [0.4, 0.5) is 13.2 Å². The number of H-pyrrole nitrogens is 1. The van der Waals surface area contributed by atoms with Crippen molar-refractivity contribution in [2.24, 2.45) is 11.7 Å². The molecular weight excluding hydrogens is 617 g/mol. The maximum Gasteiger partial charge on any atom is 0.490 e. The molecule has 0 aliphatic carbocycles. The zero-order chi connectivity index (χ0) is 33.8. The van der Waals surface area contributed by atoms with Crippen molar-refractivity contribution < 1.29 is 46.1 Å². The Hall–Kier alpha value is -3.66. The van der Waals surface area contributed by atoms with Gasteiger partial charge in [-0.1, -0.05) is 38.5 Å². The van der Waals surface area contributed by atoms with Gasteiger partial charge in [0.15, 0.2) is 0 Å². The number of fused-ring (bicyclic) bond motifs is 1. The minimum Gasteiger partial charge on any atom is -0.497 e. The van der Waals surface area contributed by atoms with Gasteiger partial charge in [0.05, 0.1) is 24.7 Å². The van der Waals surface area contributed by atoms with E-state index in [9.17, 15) is 31.5 Å². The molecule has 3 aromatic rings. The number of hydrogen-bond acceptors (Lipinski definition) is 7. The Balaban J connectivity index is 0.000000900. The van der Waals surface area contributed by atoms with Gasteiger partial charge in [-0.25, -0.2) is 13.2 Å². The molecule has 1 aromatic heterocycles. The monoisotopic (exact) mass is 658 g/mol. The molecule has 0 spiro atoms. The number of hydrogen-bond donors (Lipinski definition) is 5. The molecule has 1 amide bonds. The summed E-state index contributed by atoms with van der Waals surface area (Å²) in [6.45, 7) is 4.32. The molecule has 0 fully saturated rings. The number of aromatic amines is 1. The molecule has 0 unspecified atom stereocenters. The Morgan fingerprint density at radius 3 is 2.27 bits per heavy atom. The summed E-state index contributed by atoms with van der Waals surface area (Å²) in [6.07, 6.45) is -1.03. The standard InChI is InChI=1S/C28H40N4O5S.C2HF3O2/c1-20(2)18-32(38(35,36)24-13-11-23(37-3)12-14-24)22(19-33)8-6-7-15-30-28(34)26(29)16-21-17-31-27-10-5-4-9-25(21)27;3-2(4,5)1(6)7/h4-5,9-14,17,20,22,26,31,33H,6-8,15-16,18-19,29H2,1-3H3,(H,30,34);(H,6,7)/t22-,26-;/m0./s1. The lowest BCUT2D eigenvalue weighted by Crippen LogP contribution is -2.44. The van der Waals surface area contributed by atoms with Crippen LogP contribution in [0.15, 0.2) is 59.6 Å². The molecule has 2 atom stereocenters. The fourth-order valence-corrected chi connectivity index (χ4v) is 6.30. The molecule has 11 nitrogen and oxygen atoms in total. The summed E-state index contributed by atoms with van der Waals surface area (Å²) < 4.78 is 65.1. The number of rotatable bonds is 15. The van der Waals surface area contributed by atoms with Gasteiger partial charge in [0.25, 0.3) is 0 Å². The summed E-state index contributed by atoms with van der Waals surface area (Å²) in [4.78, 5) is 24.8. The van der Waals surface area contributed by atoms with Crippen molar-refractivity contribution in [1.29, 1.82) is 0 Å². The molecule has 0 bridgehead atoms. The highest BCUT2D eigenvalue weighted by Crippen LogP contribution is 2.24. The van der Waals surface area contributed by atoms with E-state index in [0.717, 1.165) is 16.5 Å². The highest BCUT2D eigenvalue weighted by Gasteiger charge is 2.38. The molecule has 0 aliphatic heterocycles. The maximum absolute atomic E-state index is 13.4. The zero-order valence-electron chi connectivity index (χ0n) is 25.4. The smallest absolute Gasteiger partial charge is 0.490 e. The van der Waals surface area contributed by atoms with E-state index < -0.39 is 34.3 Å². The number of carboxylic acids is 1. The average molecular weight is 659 g/mol. The Morgan fingerprint density at radius 2 is 1.71 bits per heavy atom. The number of carbonyl (C=O) groups excluding carboxylic acids is 1. The van der Waals surface area contributed by atoms with E-state index in [1.807, 2.05) is 44.3 Å². The van der Waals surface area contributed by atoms with Crippen LogP contribution in [0.1, 0.15) is 38.7 Å². The van der Waals surface area contributed by atoms with Gasteiger partial charge in [-0.3, -0.25) is 4.79 Å². The molecule has 2 aromatic carbocycles. The number of methoxy groups -OCH3 is 1. The molecule has 0 radical (unpaired) electrons. The lowest BCUT2D eigenvalue weighted by molar-refractivity contribution is -0.192.